The molecule has 0 saturated heterocycles. The number of ether oxygens (including phenoxy) is 1. The molecule has 1 aliphatic heterocycles. The van der Waals surface area contributed by atoms with Crippen LogP contribution in [0, 0.1) is 0 Å². The highest BCUT2D eigenvalue weighted by atomic mass is 16.5. The molecule has 1 aromatic carbocycles. The first kappa shape index (κ1) is 15.5. The molecule has 2 amide bonds. The van der Waals surface area contributed by atoms with E-state index in [-0.39, 0.29) is 5.57 Å². The monoisotopic (exact) mass is 301 g/mol. The summed E-state index contributed by atoms with van der Waals surface area (Å²) in [6.07, 6.45) is 3.71. The molecular formula is C15H15N3O4. The van der Waals surface area contributed by atoms with Crippen molar-refractivity contribution in [3.8, 4) is 0 Å². The number of hydrogen-bond donors (Lipinski definition) is 3. The summed E-state index contributed by atoms with van der Waals surface area (Å²) >= 11 is 0. The second-order valence-electron chi connectivity index (χ2n) is 4.56. The van der Waals surface area contributed by atoms with Crippen molar-refractivity contribution in [2.45, 2.75) is 5.66 Å². The van der Waals surface area contributed by atoms with Crippen molar-refractivity contribution in [3.05, 3.63) is 59.8 Å². The number of amides is 2. The van der Waals surface area contributed by atoms with E-state index >= 15 is 0 Å². The molecule has 22 heavy (non-hydrogen) atoms. The number of esters is 1. The molecule has 0 aromatic heterocycles. The average Bonchev–Trinajstić information content (AvgIpc) is 2.53. The molecule has 0 radical (unpaired) electrons. The summed E-state index contributed by atoms with van der Waals surface area (Å²) in [6.45, 7) is 0. The Morgan fingerprint density at radius 2 is 1.95 bits per heavy atom. The van der Waals surface area contributed by atoms with Gasteiger partial charge in [0.25, 0.3) is 0 Å². The molecule has 114 valence electrons. The maximum Gasteiger partial charge on any atom is 0.330 e. The van der Waals surface area contributed by atoms with Gasteiger partial charge in [-0.05, 0) is 6.08 Å². The van der Waals surface area contributed by atoms with Crippen LogP contribution in [-0.2, 0) is 9.53 Å². The highest BCUT2D eigenvalue weighted by Gasteiger charge is 2.41. The maximum absolute atomic E-state index is 12.6. The zero-order valence-corrected chi connectivity index (χ0v) is 11.8. The third-order valence-corrected chi connectivity index (χ3v) is 3.12. The smallest absolute Gasteiger partial charge is 0.330 e. The summed E-state index contributed by atoms with van der Waals surface area (Å²) in [7, 11) is 1.23. The molecule has 0 bridgehead atoms. The lowest BCUT2D eigenvalue weighted by molar-refractivity contribution is -0.134. The molecule has 7 nitrogen and oxygen atoms in total. The fraction of sp³-hybridized carbons (Fsp3) is 0.133. The Bertz CT molecular complexity index is 667. The van der Waals surface area contributed by atoms with Gasteiger partial charge in [-0.2, -0.15) is 0 Å². The summed E-state index contributed by atoms with van der Waals surface area (Å²) in [5.41, 5.74) is 4.90. The second kappa shape index (κ2) is 6.23. The van der Waals surface area contributed by atoms with Gasteiger partial charge in [0.2, 0.25) is 5.78 Å². The minimum atomic E-state index is -1.77. The van der Waals surface area contributed by atoms with Crippen LogP contribution in [0.25, 0.3) is 0 Å². The highest BCUT2D eigenvalue weighted by molar-refractivity contribution is 6.08. The fourth-order valence-electron chi connectivity index (χ4n) is 1.95. The molecule has 0 saturated carbocycles. The molecule has 0 spiro atoms. The minimum absolute atomic E-state index is 0.228. The molecule has 1 heterocycles. The Morgan fingerprint density at radius 1 is 1.27 bits per heavy atom. The number of Topliss-reactive ketones (excluding diaryl/α,β-unsaturated/α-hetero) is 1. The van der Waals surface area contributed by atoms with Gasteiger partial charge in [0.05, 0.1) is 7.11 Å². The predicted octanol–water partition coefficient (Wildman–Crippen LogP) is 0.450. The Hall–Kier alpha value is -2.93. The van der Waals surface area contributed by atoms with Crippen molar-refractivity contribution < 1.29 is 19.1 Å². The molecule has 4 N–H and O–H groups in total. The van der Waals surface area contributed by atoms with Gasteiger partial charge >= 0.3 is 12.0 Å². The van der Waals surface area contributed by atoms with Crippen molar-refractivity contribution in [2.24, 2.45) is 5.73 Å². The zero-order valence-electron chi connectivity index (χ0n) is 11.8. The van der Waals surface area contributed by atoms with Crippen LogP contribution in [0.4, 0.5) is 4.79 Å². The molecule has 2 rings (SSSR count). The Kier molecular flexibility index (Phi) is 4.38. The van der Waals surface area contributed by atoms with E-state index in [9.17, 15) is 14.4 Å². The van der Waals surface area contributed by atoms with Gasteiger partial charge in [0.15, 0.2) is 5.66 Å². The number of methoxy groups -OCH3 is 1. The number of carbonyl (C=O) groups excluding carboxylic acids is 3. The summed E-state index contributed by atoms with van der Waals surface area (Å²) in [4.78, 5) is 35.4. The van der Waals surface area contributed by atoms with Crippen LogP contribution < -0.4 is 16.4 Å². The first-order chi connectivity index (χ1) is 10.5. The van der Waals surface area contributed by atoms with E-state index in [4.69, 9.17) is 5.73 Å². The molecule has 0 aliphatic carbocycles. The lowest BCUT2D eigenvalue weighted by Gasteiger charge is -2.33. The summed E-state index contributed by atoms with van der Waals surface area (Å²) < 4.78 is 4.49. The number of carbonyl (C=O) groups is 3. The number of ketones is 1. The lowest BCUT2D eigenvalue weighted by atomic mass is 9.90. The van der Waals surface area contributed by atoms with E-state index in [1.54, 1.807) is 30.3 Å². The maximum atomic E-state index is 12.6. The number of urea groups is 1. The average molecular weight is 301 g/mol. The Labute approximate surface area is 126 Å². The van der Waals surface area contributed by atoms with Crippen molar-refractivity contribution in [1.29, 1.82) is 0 Å². The largest absolute Gasteiger partial charge is 0.466 e. The predicted molar refractivity (Wildman–Crippen MR) is 78.6 cm³/mol. The minimum Gasteiger partial charge on any atom is -0.466 e. The molecule has 7 heteroatoms. The van der Waals surface area contributed by atoms with Crippen molar-refractivity contribution in [2.75, 3.05) is 7.11 Å². The molecular weight excluding hydrogens is 286 g/mol. The third-order valence-electron chi connectivity index (χ3n) is 3.12. The molecule has 1 aliphatic rings. The molecule has 0 fully saturated rings. The topological polar surface area (TPSA) is 111 Å². The molecule has 1 unspecified atom stereocenters. The normalized spacial score (nSPS) is 20.8. The van der Waals surface area contributed by atoms with Gasteiger partial charge in [-0.25, -0.2) is 9.59 Å². The highest BCUT2D eigenvalue weighted by Crippen LogP contribution is 2.20. The van der Waals surface area contributed by atoms with Crippen molar-refractivity contribution in [1.82, 2.24) is 10.6 Å². The van der Waals surface area contributed by atoms with E-state index < -0.39 is 23.4 Å². The number of hydrogen-bond acceptors (Lipinski definition) is 5. The van der Waals surface area contributed by atoms with Gasteiger partial charge in [-0.3, -0.25) is 10.5 Å². The van der Waals surface area contributed by atoms with E-state index in [1.807, 2.05) is 0 Å². The molecule has 1 aromatic rings. The van der Waals surface area contributed by atoms with Crippen LogP contribution >= 0.6 is 0 Å². The van der Waals surface area contributed by atoms with E-state index in [2.05, 4.69) is 15.4 Å². The van der Waals surface area contributed by atoms with Crippen LogP contribution in [0.3, 0.4) is 0 Å². The van der Waals surface area contributed by atoms with E-state index in [0.29, 0.717) is 5.56 Å². The number of rotatable bonds is 4. The van der Waals surface area contributed by atoms with Gasteiger partial charge in [-0.15, -0.1) is 0 Å². The third kappa shape index (κ3) is 3.04. The first-order valence-electron chi connectivity index (χ1n) is 6.41. The van der Waals surface area contributed by atoms with Crippen molar-refractivity contribution >= 4 is 17.8 Å². The van der Waals surface area contributed by atoms with Gasteiger partial charge < -0.3 is 15.4 Å². The SMILES string of the molecule is COC(=O)C=CC1=CNC(=O)NC1(N)C(=O)c1ccccc1. The van der Waals surface area contributed by atoms with Gasteiger partial charge in [0, 0.05) is 23.4 Å². The van der Waals surface area contributed by atoms with Crippen LogP contribution in [0.1, 0.15) is 10.4 Å². The second-order valence-corrected chi connectivity index (χ2v) is 4.56. The quantitative estimate of drug-likeness (QED) is 0.425. The number of nitrogens with one attached hydrogen (secondary N) is 2. The van der Waals surface area contributed by atoms with Gasteiger partial charge in [-0.1, -0.05) is 30.3 Å². The van der Waals surface area contributed by atoms with Crippen LogP contribution in [0.2, 0.25) is 0 Å². The van der Waals surface area contributed by atoms with E-state index in [1.165, 1.54) is 19.4 Å². The van der Waals surface area contributed by atoms with Crippen LogP contribution in [-0.4, -0.2) is 30.6 Å². The van der Waals surface area contributed by atoms with Crippen molar-refractivity contribution in [3.63, 3.8) is 0 Å². The van der Waals surface area contributed by atoms with Crippen LogP contribution in [0.5, 0.6) is 0 Å². The van der Waals surface area contributed by atoms with E-state index in [0.717, 1.165) is 6.08 Å². The standard InChI is InChI=1S/C15H15N3O4/c1-22-12(19)8-7-11-9-17-14(21)18-15(11,16)13(20)10-5-3-2-4-6-10/h2-9H,16H2,1H3,(H2,17,18,21). The zero-order chi connectivity index (χ0) is 16.2. The summed E-state index contributed by atoms with van der Waals surface area (Å²) in [5.74, 6) is -1.10. The molecule has 1 atom stereocenters. The summed E-state index contributed by atoms with van der Waals surface area (Å²) in [6, 6.07) is 7.70. The lowest BCUT2D eigenvalue weighted by Crippen LogP contribution is -2.66. The van der Waals surface area contributed by atoms with Gasteiger partial charge in [0.1, 0.15) is 0 Å². The first-order valence-corrected chi connectivity index (χ1v) is 6.41. The van der Waals surface area contributed by atoms with Crippen LogP contribution in [0.15, 0.2) is 54.3 Å². The summed E-state index contributed by atoms with van der Waals surface area (Å²) in [5, 5.41) is 4.78. The Morgan fingerprint density at radius 3 is 2.59 bits per heavy atom. The Balaban J connectivity index is 2.39. The number of nitrogens with two attached hydrogens (primary N) is 1. The number of benzene rings is 1. The fourth-order valence-corrected chi connectivity index (χ4v) is 1.95.